The Morgan fingerprint density at radius 2 is 1.89 bits per heavy atom. The molecule has 4 rings (SSSR count). The minimum absolute atomic E-state index is 0.168. The summed E-state index contributed by atoms with van der Waals surface area (Å²) in [6.45, 7) is 2.00. The maximum atomic E-state index is 13.6. The van der Waals surface area contributed by atoms with E-state index < -0.39 is 29.8 Å². The lowest BCUT2D eigenvalue weighted by Crippen LogP contribution is -2.70. The van der Waals surface area contributed by atoms with Crippen LogP contribution >= 0.6 is 11.6 Å². The van der Waals surface area contributed by atoms with Crippen molar-refractivity contribution < 1.29 is 14.4 Å². The van der Waals surface area contributed by atoms with Crippen molar-refractivity contribution in [2.24, 2.45) is 5.92 Å². The Morgan fingerprint density at radius 1 is 1.14 bits per heavy atom. The van der Waals surface area contributed by atoms with Crippen LogP contribution in [0.15, 0.2) is 61.1 Å². The molecule has 4 amide bonds. The number of benzene rings is 1. The molecule has 0 aliphatic carbocycles. The van der Waals surface area contributed by atoms with Crippen LogP contribution in [0.2, 0.25) is 5.02 Å². The summed E-state index contributed by atoms with van der Waals surface area (Å²) < 4.78 is 0. The summed E-state index contributed by atoms with van der Waals surface area (Å²) in [6.07, 6.45) is 6.21. The van der Waals surface area contributed by atoms with Crippen molar-refractivity contribution in [1.82, 2.24) is 25.2 Å². The Kier molecular flexibility index (Phi) is 7.98. The predicted molar refractivity (Wildman–Crippen MR) is 140 cm³/mol. The van der Waals surface area contributed by atoms with Gasteiger partial charge >= 0.3 is 6.03 Å². The van der Waals surface area contributed by atoms with Gasteiger partial charge in [-0.15, -0.1) is 0 Å². The summed E-state index contributed by atoms with van der Waals surface area (Å²) in [6, 6.07) is 10.1. The Hall–Kier alpha value is -4.05. The molecule has 10 nitrogen and oxygen atoms in total. The Labute approximate surface area is 219 Å². The molecule has 1 aliphatic heterocycles. The number of anilines is 2. The SMILES string of the molecule is CCC[C@@H](NC(=O)N1C(=O)[C@H](Cc2ccnc(N)c2)[C@H]1C(=O)N(C)c1ncccn1)c1cccc(Cl)c1. The Bertz CT molecular complexity index is 1290. The standard InChI is InChI=1S/C26H28ClN7O3/c1-3-6-20(17-7-4-8-18(27)15-17)32-26(37)34-22(24(36)33(2)25-30-10-5-11-31-25)19(23(34)35)13-16-9-12-29-21(28)14-16/h4-5,7-12,14-15,19-20,22H,3,6,13H2,1-2H3,(H2,28,29)(H,32,37)/t19-,20-,22+/m1/s1. The van der Waals surface area contributed by atoms with Crippen LogP contribution in [0.3, 0.4) is 0 Å². The van der Waals surface area contributed by atoms with Crippen LogP contribution in [0, 0.1) is 5.92 Å². The van der Waals surface area contributed by atoms with Gasteiger partial charge in [-0.25, -0.2) is 19.7 Å². The molecule has 3 atom stereocenters. The number of carbonyl (C=O) groups is 3. The monoisotopic (exact) mass is 521 g/mol. The summed E-state index contributed by atoms with van der Waals surface area (Å²) in [5.41, 5.74) is 7.36. The van der Waals surface area contributed by atoms with Gasteiger partial charge in [-0.1, -0.05) is 37.1 Å². The highest BCUT2D eigenvalue weighted by Gasteiger charge is 2.55. The van der Waals surface area contributed by atoms with Gasteiger partial charge in [0.25, 0.3) is 5.91 Å². The first-order chi connectivity index (χ1) is 17.8. The molecular weight excluding hydrogens is 494 g/mol. The summed E-state index contributed by atoms with van der Waals surface area (Å²) in [4.78, 5) is 54.8. The van der Waals surface area contributed by atoms with Gasteiger partial charge in [0.2, 0.25) is 11.9 Å². The first kappa shape index (κ1) is 26.0. The molecule has 37 heavy (non-hydrogen) atoms. The molecule has 0 bridgehead atoms. The fourth-order valence-electron chi connectivity index (χ4n) is 4.45. The van der Waals surface area contributed by atoms with E-state index in [4.69, 9.17) is 17.3 Å². The second-order valence-corrected chi connectivity index (χ2v) is 9.28. The van der Waals surface area contributed by atoms with E-state index in [0.29, 0.717) is 17.3 Å². The average molecular weight is 522 g/mol. The fourth-order valence-corrected chi connectivity index (χ4v) is 4.64. The first-order valence-electron chi connectivity index (χ1n) is 11.9. The van der Waals surface area contributed by atoms with Crippen molar-refractivity contribution in [1.29, 1.82) is 0 Å². The molecular formula is C26H28ClN7O3. The van der Waals surface area contributed by atoms with Gasteiger partial charge in [-0.2, -0.15) is 0 Å². The van der Waals surface area contributed by atoms with E-state index in [2.05, 4.69) is 20.3 Å². The molecule has 0 unspecified atom stereocenters. The topological polar surface area (TPSA) is 134 Å². The summed E-state index contributed by atoms with van der Waals surface area (Å²) in [5, 5.41) is 3.47. The highest BCUT2D eigenvalue weighted by atomic mass is 35.5. The van der Waals surface area contributed by atoms with E-state index in [1.54, 1.807) is 42.6 Å². The number of hydrogen-bond donors (Lipinski definition) is 2. The molecule has 192 valence electrons. The van der Waals surface area contributed by atoms with Gasteiger partial charge in [0, 0.05) is 30.7 Å². The molecule has 1 fully saturated rings. The third-order valence-electron chi connectivity index (χ3n) is 6.30. The molecule has 1 aromatic carbocycles. The predicted octanol–water partition coefficient (Wildman–Crippen LogP) is 3.39. The van der Waals surface area contributed by atoms with Gasteiger partial charge in [-0.3, -0.25) is 19.4 Å². The van der Waals surface area contributed by atoms with Gasteiger partial charge in [0.1, 0.15) is 11.9 Å². The van der Waals surface area contributed by atoms with Crippen LogP contribution in [0.25, 0.3) is 0 Å². The molecule has 1 aliphatic rings. The molecule has 0 radical (unpaired) electrons. The van der Waals surface area contributed by atoms with Crippen LogP contribution in [0.1, 0.15) is 36.9 Å². The minimum atomic E-state index is -1.04. The number of halogens is 1. The molecule has 3 heterocycles. The zero-order valence-electron chi connectivity index (χ0n) is 20.5. The van der Waals surface area contributed by atoms with Crippen LogP contribution in [-0.4, -0.2) is 50.8 Å². The number of rotatable bonds is 8. The van der Waals surface area contributed by atoms with Crippen LogP contribution < -0.4 is 16.0 Å². The van der Waals surface area contributed by atoms with Crippen LogP contribution in [0.5, 0.6) is 0 Å². The average Bonchev–Trinajstić information content (AvgIpc) is 2.89. The number of nitrogens with one attached hydrogen (secondary N) is 1. The van der Waals surface area contributed by atoms with E-state index in [1.807, 2.05) is 13.0 Å². The number of imide groups is 1. The Morgan fingerprint density at radius 3 is 2.57 bits per heavy atom. The first-order valence-corrected chi connectivity index (χ1v) is 12.3. The number of carbonyl (C=O) groups excluding carboxylic acids is 3. The number of urea groups is 1. The molecule has 0 saturated carbocycles. The second-order valence-electron chi connectivity index (χ2n) is 8.84. The van der Waals surface area contributed by atoms with Crippen molar-refractivity contribution in [2.75, 3.05) is 17.7 Å². The van der Waals surface area contributed by atoms with Crippen molar-refractivity contribution in [3.05, 3.63) is 77.2 Å². The number of likely N-dealkylation sites (tertiary alicyclic amines) is 1. The van der Waals surface area contributed by atoms with E-state index in [0.717, 1.165) is 22.4 Å². The normalized spacial score (nSPS) is 17.6. The highest BCUT2D eigenvalue weighted by Crippen LogP contribution is 2.33. The maximum Gasteiger partial charge on any atom is 0.325 e. The molecule has 2 aromatic heterocycles. The molecule has 3 N–H and O–H groups in total. The Balaban J connectivity index is 1.61. The number of pyridine rings is 1. The van der Waals surface area contributed by atoms with Crippen molar-refractivity contribution in [3.63, 3.8) is 0 Å². The maximum absolute atomic E-state index is 13.6. The summed E-state index contributed by atoms with van der Waals surface area (Å²) >= 11 is 6.16. The second kappa shape index (κ2) is 11.3. The lowest BCUT2D eigenvalue weighted by atomic mass is 9.81. The number of β-lactam (4-membered cyclic amide) rings is 1. The summed E-state index contributed by atoms with van der Waals surface area (Å²) in [7, 11) is 1.52. The quantitative estimate of drug-likeness (QED) is 0.434. The number of amides is 4. The lowest BCUT2D eigenvalue weighted by Gasteiger charge is -2.45. The van der Waals surface area contributed by atoms with Crippen molar-refractivity contribution >= 4 is 41.2 Å². The molecule has 3 aromatic rings. The third-order valence-corrected chi connectivity index (χ3v) is 6.53. The van der Waals surface area contributed by atoms with Gasteiger partial charge in [0.15, 0.2) is 0 Å². The van der Waals surface area contributed by atoms with E-state index >= 15 is 0 Å². The minimum Gasteiger partial charge on any atom is -0.384 e. The lowest BCUT2D eigenvalue weighted by molar-refractivity contribution is -0.156. The molecule has 0 spiro atoms. The largest absolute Gasteiger partial charge is 0.384 e. The van der Waals surface area contributed by atoms with Gasteiger partial charge in [0.05, 0.1) is 12.0 Å². The molecule has 1 saturated heterocycles. The summed E-state index contributed by atoms with van der Waals surface area (Å²) in [5.74, 6) is -1.21. The number of nitrogen functional groups attached to an aromatic ring is 1. The van der Waals surface area contributed by atoms with E-state index in [1.165, 1.54) is 24.3 Å². The number of nitrogens with two attached hydrogens (primary N) is 1. The smallest absolute Gasteiger partial charge is 0.325 e. The number of nitrogens with zero attached hydrogens (tertiary/aromatic N) is 5. The van der Waals surface area contributed by atoms with E-state index in [9.17, 15) is 14.4 Å². The zero-order chi connectivity index (χ0) is 26.5. The third kappa shape index (κ3) is 5.69. The van der Waals surface area contributed by atoms with Crippen LogP contribution in [0.4, 0.5) is 16.6 Å². The van der Waals surface area contributed by atoms with Crippen LogP contribution in [-0.2, 0) is 16.0 Å². The van der Waals surface area contributed by atoms with Crippen molar-refractivity contribution in [2.45, 2.75) is 38.3 Å². The zero-order valence-corrected chi connectivity index (χ0v) is 21.3. The highest BCUT2D eigenvalue weighted by molar-refractivity contribution is 6.30. The van der Waals surface area contributed by atoms with E-state index in [-0.39, 0.29) is 18.4 Å². The fraction of sp³-hybridized carbons (Fsp3) is 0.308. The number of likely N-dealkylation sites (N-methyl/N-ethyl adjacent to an activating group) is 1. The molecule has 11 heteroatoms. The van der Waals surface area contributed by atoms with Crippen molar-refractivity contribution in [3.8, 4) is 0 Å². The number of aromatic nitrogens is 3. The van der Waals surface area contributed by atoms with Gasteiger partial charge < -0.3 is 11.1 Å². The van der Waals surface area contributed by atoms with Gasteiger partial charge in [-0.05, 0) is 54.3 Å². The number of hydrogen-bond acceptors (Lipinski definition) is 7.